The van der Waals surface area contributed by atoms with Crippen molar-refractivity contribution >= 4 is 22.8 Å². The Balaban J connectivity index is 2.56. The van der Waals surface area contributed by atoms with Gasteiger partial charge in [0.1, 0.15) is 0 Å². The minimum absolute atomic E-state index is 0.137. The predicted octanol–water partition coefficient (Wildman–Crippen LogP) is -0.361. The smallest absolute Gasteiger partial charge is 0.318 e. The van der Waals surface area contributed by atoms with E-state index >= 15 is 0 Å². The van der Waals surface area contributed by atoms with E-state index in [-0.39, 0.29) is 25.1 Å². The predicted molar refractivity (Wildman–Crippen MR) is 70.5 cm³/mol. The van der Waals surface area contributed by atoms with Crippen LogP contribution in [0.5, 0.6) is 0 Å². The quantitative estimate of drug-likeness (QED) is 0.721. The monoisotopic (exact) mass is 292 g/mol. The number of nitrogens with zero attached hydrogens (tertiary/aromatic N) is 1. The number of rotatable bonds is 5. The summed E-state index contributed by atoms with van der Waals surface area (Å²) in [5.41, 5.74) is 0. The van der Waals surface area contributed by atoms with Gasteiger partial charge in [0.2, 0.25) is 0 Å². The molecule has 7 nitrogen and oxygen atoms in total. The Morgan fingerprint density at radius 1 is 1.58 bits per heavy atom. The van der Waals surface area contributed by atoms with Crippen LogP contribution in [-0.4, -0.2) is 70.1 Å². The normalized spacial score (nSPS) is 22.6. The van der Waals surface area contributed by atoms with Gasteiger partial charge in [0.15, 0.2) is 0 Å². The number of morpholine rings is 1. The highest BCUT2D eigenvalue weighted by molar-refractivity contribution is 7.84. The highest BCUT2D eigenvalue weighted by atomic mass is 32.2. The number of hydrogen-bond acceptors (Lipinski definition) is 4. The van der Waals surface area contributed by atoms with Gasteiger partial charge in [0, 0.05) is 35.4 Å². The van der Waals surface area contributed by atoms with Crippen molar-refractivity contribution in [2.45, 2.75) is 25.4 Å². The maximum absolute atomic E-state index is 12.0. The second kappa shape index (κ2) is 7.44. The van der Waals surface area contributed by atoms with E-state index in [1.165, 1.54) is 4.90 Å². The lowest BCUT2D eigenvalue weighted by Gasteiger charge is -2.35. The fraction of sp³-hybridized carbons (Fsp3) is 0.818. The zero-order valence-corrected chi connectivity index (χ0v) is 11.9. The largest absolute Gasteiger partial charge is 0.481 e. The van der Waals surface area contributed by atoms with E-state index in [0.717, 1.165) is 0 Å². The molecule has 1 heterocycles. The topological polar surface area (TPSA) is 95.9 Å². The van der Waals surface area contributed by atoms with Gasteiger partial charge in [-0.05, 0) is 6.92 Å². The molecule has 3 atom stereocenters. The summed E-state index contributed by atoms with van der Waals surface area (Å²) < 4.78 is 16.3. The average molecular weight is 292 g/mol. The van der Waals surface area contributed by atoms with Gasteiger partial charge in [-0.3, -0.25) is 9.00 Å². The molecule has 0 spiro atoms. The van der Waals surface area contributed by atoms with Crippen LogP contribution in [0.3, 0.4) is 0 Å². The van der Waals surface area contributed by atoms with Crippen molar-refractivity contribution < 1.29 is 23.6 Å². The first-order valence-corrected chi connectivity index (χ1v) is 7.79. The number of carbonyl (C=O) groups is 2. The first-order chi connectivity index (χ1) is 8.90. The van der Waals surface area contributed by atoms with Gasteiger partial charge < -0.3 is 20.1 Å². The summed E-state index contributed by atoms with van der Waals surface area (Å²) in [5, 5.41) is 11.5. The maximum atomic E-state index is 12.0. The van der Waals surface area contributed by atoms with Crippen LogP contribution >= 0.6 is 0 Å². The van der Waals surface area contributed by atoms with Crippen LogP contribution in [0.25, 0.3) is 0 Å². The molecule has 1 fully saturated rings. The molecule has 2 N–H and O–H groups in total. The van der Waals surface area contributed by atoms with Gasteiger partial charge in [-0.15, -0.1) is 0 Å². The Morgan fingerprint density at radius 3 is 2.84 bits per heavy atom. The highest BCUT2D eigenvalue weighted by Crippen LogP contribution is 2.11. The third-order valence-electron chi connectivity index (χ3n) is 2.75. The van der Waals surface area contributed by atoms with Crippen LogP contribution in [-0.2, 0) is 20.3 Å². The molecule has 8 heteroatoms. The molecule has 0 aromatic rings. The number of aliphatic carboxylic acids is 1. The van der Waals surface area contributed by atoms with Crippen molar-refractivity contribution in [1.29, 1.82) is 0 Å². The summed E-state index contributed by atoms with van der Waals surface area (Å²) in [6.07, 6.45) is 1.44. The summed E-state index contributed by atoms with van der Waals surface area (Å²) in [6, 6.07) is -0.996. The molecule has 110 valence electrons. The second-order valence-corrected chi connectivity index (χ2v) is 6.09. The lowest BCUT2D eigenvalue weighted by atomic mass is 10.1. The molecule has 0 bridgehead atoms. The molecule has 2 amide bonds. The van der Waals surface area contributed by atoms with E-state index < -0.39 is 22.8 Å². The standard InChI is InChI=1S/C11H20N2O5S/c1-8(7-19(2)17)12-11(16)13-3-4-18-6-9(13)5-10(14)15/h8-9H,3-7H2,1-2H3,(H,12,16)(H,14,15). The van der Waals surface area contributed by atoms with Crippen molar-refractivity contribution in [3.63, 3.8) is 0 Å². The summed E-state index contributed by atoms with van der Waals surface area (Å²) in [7, 11) is -0.987. The summed E-state index contributed by atoms with van der Waals surface area (Å²) in [4.78, 5) is 24.3. The van der Waals surface area contributed by atoms with Crippen LogP contribution in [0.1, 0.15) is 13.3 Å². The highest BCUT2D eigenvalue weighted by Gasteiger charge is 2.29. The third-order valence-corrected chi connectivity index (χ3v) is 3.72. The van der Waals surface area contributed by atoms with E-state index in [4.69, 9.17) is 9.84 Å². The van der Waals surface area contributed by atoms with E-state index in [1.54, 1.807) is 13.2 Å². The number of urea groups is 1. The zero-order chi connectivity index (χ0) is 14.4. The fourth-order valence-corrected chi connectivity index (χ4v) is 2.77. The van der Waals surface area contributed by atoms with Crippen molar-refractivity contribution in [3.05, 3.63) is 0 Å². The Hall–Kier alpha value is -1.15. The Labute approximate surface area is 114 Å². The van der Waals surface area contributed by atoms with Gasteiger partial charge in [-0.1, -0.05) is 0 Å². The minimum atomic E-state index is -0.987. The summed E-state index contributed by atoms with van der Waals surface area (Å²) in [5.74, 6) is -0.587. The first-order valence-electron chi connectivity index (χ1n) is 6.07. The average Bonchev–Trinajstić information content (AvgIpc) is 2.27. The van der Waals surface area contributed by atoms with Gasteiger partial charge in [-0.2, -0.15) is 0 Å². The van der Waals surface area contributed by atoms with Crippen LogP contribution in [0.4, 0.5) is 4.79 Å². The fourth-order valence-electron chi connectivity index (χ4n) is 1.98. The molecule has 0 aromatic heterocycles. The molecular weight excluding hydrogens is 272 g/mol. The number of hydrogen-bond donors (Lipinski definition) is 2. The molecule has 1 aliphatic rings. The number of ether oxygens (including phenoxy) is 1. The number of carboxylic acids is 1. The minimum Gasteiger partial charge on any atom is -0.481 e. The summed E-state index contributed by atoms with van der Waals surface area (Å²) >= 11 is 0. The number of carbonyl (C=O) groups excluding carboxylic acids is 1. The second-order valence-electron chi connectivity index (χ2n) is 4.61. The Kier molecular flexibility index (Phi) is 6.23. The lowest BCUT2D eigenvalue weighted by molar-refractivity contribution is -0.139. The van der Waals surface area contributed by atoms with Crippen molar-refractivity contribution in [3.8, 4) is 0 Å². The SMILES string of the molecule is CC(CS(C)=O)NC(=O)N1CCOCC1CC(=O)O. The summed E-state index contributed by atoms with van der Waals surface area (Å²) in [6.45, 7) is 2.77. The van der Waals surface area contributed by atoms with Gasteiger partial charge in [-0.25, -0.2) is 4.79 Å². The zero-order valence-electron chi connectivity index (χ0n) is 11.1. The van der Waals surface area contributed by atoms with Gasteiger partial charge in [0.05, 0.1) is 25.7 Å². The van der Waals surface area contributed by atoms with E-state index in [1.807, 2.05) is 0 Å². The third kappa shape index (κ3) is 5.56. The van der Waals surface area contributed by atoms with E-state index in [0.29, 0.717) is 18.9 Å². The molecular formula is C11H20N2O5S. The number of nitrogens with one attached hydrogen (secondary N) is 1. The first kappa shape index (κ1) is 15.9. The molecule has 3 unspecified atom stereocenters. The maximum Gasteiger partial charge on any atom is 0.318 e. The van der Waals surface area contributed by atoms with Gasteiger partial charge in [0.25, 0.3) is 0 Å². The van der Waals surface area contributed by atoms with Crippen molar-refractivity contribution in [1.82, 2.24) is 10.2 Å². The molecule has 1 saturated heterocycles. The lowest BCUT2D eigenvalue weighted by Crippen LogP contribution is -2.55. The van der Waals surface area contributed by atoms with Crippen molar-refractivity contribution in [2.24, 2.45) is 0 Å². The molecule has 1 rings (SSSR count). The van der Waals surface area contributed by atoms with Crippen LogP contribution in [0, 0.1) is 0 Å². The Bertz CT molecular complexity index is 363. The van der Waals surface area contributed by atoms with Gasteiger partial charge >= 0.3 is 12.0 Å². The molecule has 1 aliphatic heterocycles. The van der Waals surface area contributed by atoms with Crippen LogP contribution in [0.2, 0.25) is 0 Å². The van der Waals surface area contributed by atoms with Crippen LogP contribution in [0.15, 0.2) is 0 Å². The number of carboxylic acid groups (broad SMARTS) is 1. The Morgan fingerprint density at radius 2 is 2.26 bits per heavy atom. The molecule has 0 aromatic carbocycles. The molecule has 0 aliphatic carbocycles. The van der Waals surface area contributed by atoms with E-state index in [9.17, 15) is 13.8 Å². The number of amides is 2. The van der Waals surface area contributed by atoms with Crippen LogP contribution < -0.4 is 5.32 Å². The molecule has 0 radical (unpaired) electrons. The van der Waals surface area contributed by atoms with Crippen molar-refractivity contribution in [2.75, 3.05) is 31.8 Å². The molecule has 0 saturated carbocycles. The van der Waals surface area contributed by atoms with E-state index in [2.05, 4.69) is 5.32 Å². The molecule has 19 heavy (non-hydrogen) atoms.